The van der Waals surface area contributed by atoms with Crippen molar-refractivity contribution in [2.75, 3.05) is 20.2 Å². The molecule has 0 saturated heterocycles. The molecule has 1 atom stereocenters. The molecule has 1 fully saturated rings. The van der Waals surface area contributed by atoms with Crippen LogP contribution in [-0.2, 0) is 9.53 Å². The molecule has 1 rings (SSSR count). The van der Waals surface area contributed by atoms with E-state index in [0.29, 0.717) is 6.42 Å². The molecule has 1 aliphatic rings. The maximum Gasteiger partial charge on any atom is 0.306 e. The van der Waals surface area contributed by atoms with Crippen molar-refractivity contribution in [3.8, 4) is 0 Å². The van der Waals surface area contributed by atoms with Gasteiger partial charge in [0, 0.05) is 6.54 Å². The highest BCUT2D eigenvalue weighted by atomic mass is 16.5. The van der Waals surface area contributed by atoms with Gasteiger partial charge in [-0.05, 0) is 31.2 Å². The van der Waals surface area contributed by atoms with E-state index in [0.717, 1.165) is 24.9 Å². The second-order valence-corrected chi connectivity index (χ2v) is 3.84. The van der Waals surface area contributed by atoms with Crippen molar-refractivity contribution in [2.45, 2.75) is 26.2 Å². The molecule has 1 N–H and O–H groups in total. The number of carbonyl (C=O) groups is 1. The first-order valence-electron chi connectivity index (χ1n) is 5.01. The fraction of sp³-hybridized carbons (Fsp3) is 0.900. The van der Waals surface area contributed by atoms with E-state index in [1.165, 1.54) is 20.0 Å². The highest BCUT2D eigenvalue weighted by Crippen LogP contribution is 2.35. The van der Waals surface area contributed by atoms with Gasteiger partial charge in [0.05, 0.1) is 13.5 Å². The predicted octanol–water partition coefficient (Wildman–Crippen LogP) is 1.19. The van der Waals surface area contributed by atoms with E-state index in [2.05, 4.69) is 17.0 Å². The summed E-state index contributed by atoms with van der Waals surface area (Å²) in [4.78, 5) is 10.7. The van der Waals surface area contributed by atoms with Crippen LogP contribution in [0.25, 0.3) is 0 Å². The number of carbonyl (C=O) groups excluding carboxylic acids is 1. The zero-order valence-corrected chi connectivity index (χ0v) is 8.51. The number of ether oxygens (including phenoxy) is 1. The Morgan fingerprint density at radius 1 is 1.62 bits per heavy atom. The van der Waals surface area contributed by atoms with Crippen LogP contribution in [0.4, 0.5) is 0 Å². The van der Waals surface area contributed by atoms with Crippen LogP contribution in [0, 0.1) is 11.8 Å². The van der Waals surface area contributed by atoms with Gasteiger partial charge in [-0.2, -0.15) is 0 Å². The van der Waals surface area contributed by atoms with Crippen molar-refractivity contribution >= 4 is 5.97 Å². The summed E-state index contributed by atoms with van der Waals surface area (Å²) in [6, 6.07) is 0. The van der Waals surface area contributed by atoms with Crippen LogP contribution >= 0.6 is 0 Å². The van der Waals surface area contributed by atoms with Crippen LogP contribution in [-0.4, -0.2) is 26.2 Å². The first kappa shape index (κ1) is 10.5. The molecule has 76 valence electrons. The molecular formula is C10H19NO2. The number of esters is 1. The van der Waals surface area contributed by atoms with Gasteiger partial charge in [0.25, 0.3) is 0 Å². The molecule has 0 heterocycles. The van der Waals surface area contributed by atoms with Crippen molar-refractivity contribution in [3.63, 3.8) is 0 Å². The molecule has 0 spiro atoms. The maximum atomic E-state index is 10.7. The third-order valence-electron chi connectivity index (χ3n) is 2.63. The van der Waals surface area contributed by atoms with Crippen molar-refractivity contribution in [1.29, 1.82) is 0 Å². The summed E-state index contributed by atoms with van der Waals surface area (Å²) in [5.74, 6) is 1.56. The summed E-state index contributed by atoms with van der Waals surface area (Å²) in [5.41, 5.74) is 0. The van der Waals surface area contributed by atoms with Gasteiger partial charge < -0.3 is 10.1 Å². The second kappa shape index (κ2) is 5.22. The van der Waals surface area contributed by atoms with E-state index >= 15 is 0 Å². The first-order valence-corrected chi connectivity index (χ1v) is 5.01. The van der Waals surface area contributed by atoms with Crippen molar-refractivity contribution in [2.24, 2.45) is 11.8 Å². The van der Waals surface area contributed by atoms with Crippen LogP contribution < -0.4 is 5.32 Å². The van der Waals surface area contributed by atoms with Gasteiger partial charge in [-0.15, -0.1) is 0 Å². The molecule has 3 heteroatoms. The third kappa shape index (κ3) is 4.27. The minimum Gasteiger partial charge on any atom is -0.469 e. The normalized spacial score (nSPS) is 18.3. The lowest BCUT2D eigenvalue weighted by atomic mass is 10.1. The van der Waals surface area contributed by atoms with E-state index in [1.807, 2.05) is 0 Å². The Morgan fingerprint density at radius 3 is 2.85 bits per heavy atom. The summed E-state index contributed by atoms with van der Waals surface area (Å²) >= 11 is 0. The monoisotopic (exact) mass is 185 g/mol. The molecule has 3 nitrogen and oxygen atoms in total. The fourth-order valence-electron chi connectivity index (χ4n) is 1.45. The molecule has 0 amide bonds. The predicted molar refractivity (Wildman–Crippen MR) is 51.4 cm³/mol. The van der Waals surface area contributed by atoms with Crippen LogP contribution in [0.3, 0.4) is 0 Å². The van der Waals surface area contributed by atoms with Crippen LogP contribution in [0.15, 0.2) is 0 Å². The molecule has 13 heavy (non-hydrogen) atoms. The summed E-state index contributed by atoms with van der Waals surface area (Å²) in [6.07, 6.45) is 3.26. The maximum absolute atomic E-state index is 10.7. The second-order valence-electron chi connectivity index (χ2n) is 3.84. The number of nitrogens with one attached hydrogen (secondary N) is 1. The Morgan fingerprint density at radius 2 is 2.31 bits per heavy atom. The standard InChI is InChI=1S/C10H19NO2/c1-8(9-3-4-9)7-11-6-5-10(12)13-2/h8-9,11H,3-7H2,1-2H3. The Labute approximate surface area is 79.8 Å². The average Bonchev–Trinajstić information content (AvgIpc) is 2.94. The smallest absolute Gasteiger partial charge is 0.306 e. The van der Waals surface area contributed by atoms with E-state index in [-0.39, 0.29) is 5.97 Å². The van der Waals surface area contributed by atoms with Gasteiger partial charge in [0.2, 0.25) is 0 Å². The first-order chi connectivity index (χ1) is 6.24. The van der Waals surface area contributed by atoms with Gasteiger partial charge in [-0.1, -0.05) is 6.92 Å². The molecule has 1 unspecified atom stereocenters. The third-order valence-corrected chi connectivity index (χ3v) is 2.63. The Hall–Kier alpha value is -0.570. The van der Waals surface area contributed by atoms with Crippen molar-refractivity contribution < 1.29 is 9.53 Å². The van der Waals surface area contributed by atoms with E-state index in [9.17, 15) is 4.79 Å². The lowest BCUT2D eigenvalue weighted by Gasteiger charge is -2.10. The molecule has 1 aliphatic carbocycles. The van der Waals surface area contributed by atoms with Gasteiger partial charge >= 0.3 is 5.97 Å². The molecule has 0 aromatic heterocycles. The van der Waals surface area contributed by atoms with E-state index in [1.54, 1.807) is 0 Å². The zero-order valence-electron chi connectivity index (χ0n) is 8.51. The Kier molecular flexibility index (Phi) is 4.22. The molecule has 0 bridgehead atoms. The Balaban J connectivity index is 1.91. The number of hydrogen-bond acceptors (Lipinski definition) is 3. The van der Waals surface area contributed by atoms with Crippen LogP contribution in [0.2, 0.25) is 0 Å². The van der Waals surface area contributed by atoms with Gasteiger partial charge in [0.1, 0.15) is 0 Å². The minimum absolute atomic E-state index is 0.133. The zero-order chi connectivity index (χ0) is 9.68. The number of rotatable bonds is 6. The Bertz CT molecular complexity index is 166. The molecule has 0 radical (unpaired) electrons. The number of methoxy groups -OCH3 is 1. The summed E-state index contributed by atoms with van der Waals surface area (Å²) in [7, 11) is 1.43. The number of hydrogen-bond donors (Lipinski definition) is 1. The van der Waals surface area contributed by atoms with Crippen LogP contribution in [0.5, 0.6) is 0 Å². The molecule has 0 aromatic carbocycles. The lowest BCUT2D eigenvalue weighted by Crippen LogP contribution is -2.25. The quantitative estimate of drug-likeness (QED) is 0.499. The molecule has 1 saturated carbocycles. The fourth-order valence-corrected chi connectivity index (χ4v) is 1.45. The van der Waals surface area contributed by atoms with Gasteiger partial charge in [-0.25, -0.2) is 0 Å². The van der Waals surface area contributed by atoms with Gasteiger partial charge in [-0.3, -0.25) is 4.79 Å². The minimum atomic E-state index is -0.133. The highest BCUT2D eigenvalue weighted by Gasteiger charge is 2.27. The van der Waals surface area contributed by atoms with E-state index < -0.39 is 0 Å². The molecular weight excluding hydrogens is 166 g/mol. The molecule has 0 aliphatic heterocycles. The summed E-state index contributed by atoms with van der Waals surface area (Å²) < 4.78 is 4.54. The average molecular weight is 185 g/mol. The van der Waals surface area contributed by atoms with Crippen molar-refractivity contribution in [3.05, 3.63) is 0 Å². The summed E-state index contributed by atoms with van der Waals surface area (Å²) in [6.45, 7) is 4.04. The molecule has 0 aromatic rings. The van der Waals surface area contributed by atoms with E-state index in [4.69, 9.17) is 0 Å². The SMILES string of the molecule is COC(=O)CCNCC(C)C1CC1. The van der Waals surface area contributed by atoms with Gasteiger partial charge in [0.15, 0.2) is 0 Å². The van der Waals surface area contributed by atoms with Crippen LogP contribution in [0.1, 0.15) is 26.2 Å². The van der Waals surface area contributed by atoms with Crippen molar-refractivity contribution in [1.82, 2.24) is 5.32 Å². The largest absolute Gasteiger partial charge is 0.469 e. The highest BCUT2D eigenvalue weighted by molar-refractivity contribution is 5.69. The topological polar surface area (TPSA) is 38.3 Å². The summed E-state index contributed by atoms with van der Waals surface area (Å²) in [5, 5.41) is 3.27. The lowest BCUT2D eigenvalue weighted by molar-refractivity contribution is -0.140.